The second-order valence-corrected chi connectivity index (χ2v) is 10.6. The van der Waals surface area contributed by atoms with Crippen molar-refractivity contribution in [2.75, 3.05) is 11.9 Å². The van der Waals surface area contributed by atoms with Gasteiger partial charge in [-0.05, 0) is 94.6 Å². The number of para-hydroxylation sites is 1. The van der Waals surface area contributed by atoms with Crippen LogP contribution in [0.4, 0.5) is 5.69 Å². The number of imide groups is 1. The van der Waals surface area contributed by atoms with Crippen LogP contribution in [0.15, 0.2) is 36.1 Å². The SMILES string of the molecule is CCc1cccc(CC)c1NC(=O)COC(=O)C(C)N1C(=O)c2c(Br)c(Br)c(Br)c(Br)c2C1=O. The highest BCUT2D eigenvalue weighted by Crippen LogP contribution is 2.45. The lowest BCUT2D eigenvalue weighted by molar-refractivity contribution is -0.150. The minimum absolute atomic E-state index is 0.132. The number of hydrogen-bond donors (Lipinski definition) is 1. The molecule has 0 aromatic heterocycles. The van der Waals surface area contributed by atoms with Crippen LogP contribution in [0.5, 0.6) is 0 Å². The number of carbonyl (C=O) groups is 4. The van der Waals surface area contributed by atoms with Gasteiger partial charge in [-0.15, -0.1) is 0 Å². The minimum atomic E-state index is -1.23. The number of nitrogens with one attached hydrogen (secondary N) is 1. The first-order chi connectivity index (χ1) is 16.0. The van der Waals surface area contributed by atoms with Gasteiger partial charge in [0.05, 0.1) is 11.1 Å². The smallest absolute Gasteiger partial charge is 0.329 e. The number of anilines is 1. The molecular weight excluding hydrogens is 704 g/mol. The maximum atomic E-state index is 13.0. The lowest BCUT2D eigenvalue weighted by Crippen LogP contribution is -2.44. The average Bonchev–Trinajstić information content (AvgIpc) is 3.09. The van der Waals surface area contributed by atoms with Gasteiger partial charge in [-0.1, -0.05) is 32.0 Å². The van der Waals surface area contributed by atoms with Crippen molar-refractivity contribution in [2.24, 2.45) is 0 Å². The van der Waals surface area contributed by atoms with E-state index in [4.69, 9.17) is 4.74 Å². The summed E-state index contributed by atoms with van der Waals surface area (Å²) in [6, 6.07) is 4.56. The first-order valence-corrected chi connectivity index (χ1v) is 13.5. The normalized spacial score (nSPS) is 13.7. The molecule has 3 rings (SSSR count). The van der Waals surface area contributed by atoms with E-state index < -0.39 is 36.3 Å². The number of amides is 3. The lowest BCUT2D eigenvalue weighted by Gasteiger charge is -2.21. The van der Waals surface area contributed by atoms with E-state index in [9.17, 15) is 19.2 Å². The van der Waals surface area contributed by atoms with Crippen LogP contribution in [0, 0.1) is 0 Å². The monoisotopic (exact) mass is 720 g/mol. The Kier molecular flexibility index (Phi) is 8.75. The summed E-state index contributed by atoms with van der Waals surface area (Å²) in [6.07, 6.45) is 1.47. The highest BCUT2D eigenvalue weighted by atomic mass is 79.9. The summed E-state index contributed by atoms with van der Waals surface area (Å²) in [5.74, 6) is -2.65. The van der Waals surface area contributed by atoms with Gasteiger partial charge in [0, 0.05) is 23.6 Å². The van der Waals surface area contributed by atoms with E-state index in [1.807, 2.05) is 32.0 Å². The topological polar surface area (TPSA) is 92.8 Å². The number of nitrogens with zero attached hydrogens (tertiary/aromatic N) is 1. The van der Waals surface area contributed by atoms with Gasteiger partial charge in [0.1, 0.15) is 6.04 Å². The molecule has 3 amide bonds. The van der Waals surface area contributed by atoms with Gasteiger partial charge in [-0.2, -0.15) is 0 Å². The fraction of sp³-hybridized carbons (Fsp3) is 0.304. The molecular formula is C23H20Br4N2O5. The van der Waals surface area contributed by atoms with Gasteiger partial charge in [0.2, 0.25) is 0 Å². The third kappa shape index (κ3) is 4.89. The second-order valence-electron chi connectivity index (χ2n) is 7.48. The molecule has 0 spiro atoms. The highest BCUT2D eigenvalue weighted by molar-refractivity contribution is 9.15. The van der Waals surface area contributed by atoms with Crippen LogP contribution in [-0.2, 0) is 27.2 Å². The standard InChI is InChI=1S/C23H20Br4N2O5/c1-4-11-7-6-8-12(5-2)20(11)28-13(30)9-34-23(33)10(3)29-21(31)14-15(22(29)32)17(25)19(27)18(26)16(14)24/h6-8,10H,4-5,9H2,1-3H3,(H,28,30). The van der Waals surface area contributed by atoms with Crippen molar-refractivity contribution in [3.8, 4) is 0 Å². The van der Waals surface area contributed by atoms with E-state index in [0.717, 1.165) is 28.9 Å². The first-order valence-electron chi connectivity index (χ1n) is 10.4. The number of hydrogen-bond acceptors (Lipinski definition) is 5. The first kappa shape index (κ1) is 27.0. The summed E-state index contributed by atoms with van der Waals surface area (Å²) in [7, 11) is 0. The number of rotatable bonds is 7. The maximum Gasteiger partial charge on any atom is 0.329 e. The number of halogens is 4. The van der Waals surface area contributed by atoms with Gasteiger partial charge in [0.25, 0.3) is 17.7 Å². The molecule has 1 aliphatic heterocycles. The Hall–Kier alpha value is -1.56. The van der Waals surface area contributed by atoms with Crippen LogP contribution >= 0.6 is 63.7 Å². The van der Waals surface area contributed by atoms with Crippen LogP contribution in [0.1, 0.15) is 52.6 Å². The molecule has 1 heterocycles. The molecule has 7 nitrogen and oxygen atoms in total. The third-order valence-corrected chi connectivity index (χ3v) is 10.2. The Balaban J connectivity index is 1.73. The Bertz CT molecular complexity index is 1150. The third-order valence-electron chi connectivity index (χ3n) is 5.47. The molecule has 1 unspecified atom stereocenters. The Labute approximate surface area is 230 Å². The van der Waals surface area contributed by atoms with Crippen LogP contribution in [0.3, 0.4) is 0 Å². The average molecular weight is 724 g/mol. The molecule has 0 saturated carbocycles. The highest BCUT2D eigenvalue weighted by Gasteiger charge is 2.45. The van der Waals surface area contributed by atoms with Crippen LogP contribution < -0.4 is 5.32 Å². The van der Waals surface area contributed by atoms with Crippen molar-refractivity contribution in [2.45, 2.75) is 39.7 Å². The molecule has 0 saturated heterocycles. The molecule has 1 atom stereocenters. The van der Waals surface area contributed by atoms with E-state index in [1.54, 1.807) is 0 Å². The summed E-state index contributed by atoms with van der Waals surface area (Å²) in [5, 5.41) is 2.82. The van der Waals surface area contributed by atoms with Crippen molar-refractivity contribution in [3.63, 3.8) is 0 Å². The minimum Gasteiger partial charge on any atom is -0.454 e. The predicted molar refractivity (Wildman–Crippen MR) is 142 cm³/mol. The van der Waals surface area contributed by atoms with Gasteiger partial charge < -0.3 is 10.1 Å². The van der Waals surface area contributed by atoms with Crippen molar-refractivity contribution in [1.29, 1.82) is 0 Å². The van der Waals surface area contributed by atoms with Gasteiger partial charge in [0.15, 0.2) is 6.61 Å². The number of aryl methyl sites for hydroxylation is 2. The summed E-state index contributed by atoms with van der Waals surface area (Å²) >= 11 is 13.4. The molecule has 34 heavy (non-hydrogen) atoms. The van der Waals surface area contributed by atoms with Crippen molar-refractivity contribution >= 4 is 93.1 Å². The fourth-order valence-electron chi connectivity index (χ4n) is 3.66. The van der Waals surface area contributed by atoms with E-state index in [0.29, 0.717) is 23.6 Å². The molecule has 0 aliphatic carbocycles. The Morgan fingerprint density at radius 2 is 1.38 bits per heavy atom. The molecule has 2 aromatic rings. The molecule has 1 aliphatic rings. The zero-order valence-corrected chi connectivity index (χ0v) is 24.8. The van der Waals surface area contributed by atoms with Crippen molar-refractivity contribution in [3.05, 3.63) is 58.3 Å². The summed E-state index contributed by atoms with van der Waals surface area (Å²) in [6.45, 7) is 4.82. The molecule has 2 aromatic carbocycles. The number of ether oxygens (including phenoxy) is 1. The molecule has 1 N–H and O–H groups in total. The molecule has 180 valence electrons. The van der Waals surface area contributed by atoms with Crippen LogP contribution in [0.2, 0.25) is 0 Å². The number of benzene rings is 2. The largest absolute Gasteiger partial charge is 0.454 e. The van der Waals surface area contributed by atoms with Crippen molar-refractivity contribution in [1.82, 2.24) is 4.90 Å². The molecule has 0 bridgehead atoms. The zero-order valence-electron chi connectivity index (χ0n) is 18.4. The Morgan fingerprint density at radius 1 is 0.912 bits per heavy atom. The quantitative estimate of drug-likeness (QED) is 0.163. The van der Waals surface area contributed by atoms with E-state index >= 15 is 0 Å². The number of esters is 1. The second kappa shape index (κ2) is 11.0. The van der Waals surface area contributed by atoms with Crippen molar-refractivity contribution < 1.29 is 23.9 Å². The van der Waals surface area contributed by atoms with Gasteiger partial charge >= 0.3 is 5.97 Å². The lowest BCUT2D eigenvalue weighted by atomic mass is 10.0. The van der Waals surface area contributed by atoms with E-state index in [-0.39, 0.29) is 11.1 Å². The van der Waals surface area contributed by atoms with Gasteiger partial charge in [-0.3, -0.25) is 19.3 Å². The molecule has 11 heteroatoms. The summed E-state index contributed by atoms with van der Waals surface area (Å²) in [5.41, 5.74) is 2.94. The Morgan fingerprint density at radius 3 is 1.82 bits per heavy atom. The summed E-state index contributed by atoms with van der Waals surface area (Å²) < 4.78 is 7.03. The molecule has 0 fully saturated rings. The zero-order chi connectivity index (χ0) is 25.3. The maximum absolute atomic E-state index is 13.0. The number of fused-ring (bicyclic) bond motifs is 1. The van der Waals surface area contributed by atoms with Crippen LogP contribution in [-0.4, -0.2) is 41.2 Å². The predicted octanol–water partition coefficient (Wildman–Crippen LogP) is 6.03. The van der Waals surface area contributed by atoms with Crippen LogP contribution in [0.25, 0.3) is 0 Å². The molecule has 0 radical (unpaired) electrons. The van der Waals surface area contributed by atoms with E-state index in [2.05, 4.69) is 69.0 Å². The summed E-state index contributed by atoms with van der Waals surface area (Å²) in [4.78, 5) is 52.1. The van der Waals surface area contributed by atoms with E-state index in [1.165, 1.54) is 6.92 Å². The number of carbonyl (C=O) groups excluding carboxylic acids is 4. The fourth-order valence-corrected chi connectivity index (χ4v) is 6.12. The van der Waals surface area contributed by atoms with Gasteiger partial charge in [-0.25, -0.2) is 4.79 Å².